The predicted octanol–water partition coefficient (Wildman–Crippen LogP) is 1.77. The Balaban J connectivity index is 0.00000300. The van der Waals surface area contributed by atoms with E-state index in [1.165, 1.54) is 63.4 Å². The largest absolute Gasteiger partial charge is 1.00 e. The standard InChI is InChI=1S/C25H32O3.Na/c1-2-8-22(17-24(26)27)21-10-12-23(13-11-21)28-19-20-9-7-16-25(18-20)14-5-3-4-6-15-25;/h9-13,22H,3-7,14-19H2,1H3,(H,26,27);/q;+1/p-1/t22-;/m0./s1. The van der Waals surface area contributed by atoms with E-state index < -0.39 is 5.97 Å². The normalized spacial score (nSPS) is 19.0. The van der Waals surface area contributed by atoms with Crippen molar-refractivity contribution in [3.63, 3.8) is 0 Å². The third-order valence-corrected chi connectivity index (χ3v) is 6.27. The second kappa shape index (κ2) is 11.8. The molecule has 1 saturated carbocycles. The molecule has 0 radical (unpaired) electrons. The summed E-state index contributed by atoms with van der Waals surface area (Å²) in [6.07, 6.45) is 14.3. The van der Waals surface area contributed by atoms with E-state index in [4.69, 9.17) is 4.74 Å². The first-order chi connectivity index (χ1) is 13.6. The molecule has 0 amide bonds. The summed E-state index contributed by atoms with van der Waals surface area (Å²) < 4.78 is 6.05. The van der Waals surface area contributed by atoms with Gasteiger partial charge in [0.25, 0.3) is 0 Å². The average Bonchev–Trinajstić information content (AvgIpc) is 2.91. The minimum Gasteiger partial charge on any atom is -0.550 e. The van der Waals surface area contributed by atoms with Crippen molar-refractivity contribution in [3.05, 3.63) is 41.5 Å². The summed E-state index contributed by atoms with van der Waals surface area (Å²) in [6, 6.07) is 7.66. The van der Waals surface area contributed by atoms with Crippen LogP contribution in [0.4, 0.5) is 0 Å². The number of allylic oxidation sites excluding steroid dienone is 1. The van der Waals surface area contributed by atoms with Gasteiger partial charge in [0.2, 0.25) is 0 Å². The molecule has 0 heterocycles. The maximum Gasteiger partial charge on any atom is 1.00 e. The monoisotopic (exact) mass is 402 g/mol. The van der Waals surface area contributed by atoms with Gasteiger partial charge in [0.1, 0.15) is 12.4 Å². The fourth-order valence-electron chi connectivity index (χ4n) is 4.81. The molecule has 2 aliphatic rings. The van der Waals surface area contributed by atoms with E-state index in [0.29, 0.717) is 12.0 Å². The van der Waals surface area contributed by atoms with Crippen molar-refractivity contribution in [1.29, 1.82) is 0 Å². The van der Waals surface area contributed by atoms with E-state index in [1.807, 2.05) is 24.3 Å². The van der Waals surface area contributed by atoms with Crippen LogP contribution in [0.25, 0.3) is 0 Å². The molecule has 4 heteroatoms. The first-order valence-electron chi connectivity index (χ1n) is 10.6. The molecule has 0 saturated heterocycles. The zero-order valence-electron chi connectivity index (χ0n) is 18.0. The number of hydrogen-bond acceptors (Lipinski definition) is 3. The molecule has 3 rings (SSSR count). The average molecular weight is 403 g/mol. The van der Waals surface area contributed by atoms with Crippen molar-refractivity contribution in [3.8, 4) is 17.6 Å². The number of carbonyl (C=O) groups excluding carboxylic acids is 1. The van der Waals surface area contributed by atoms with Crippen LogP contribution in [0.3, 0.4) is 0 Å². The van der Waals surface area contributed by atoms with Crippen LogP contribution in [0, 0.1) is 17.3 Å². The minimum absolute atomic E-state index is 0. The van der Waals surface area contributed by atoms with E-state index in [0.717, 1.165) is 11.3 Å². The fourth-order valence-corrected chi connectivity index (χ4v) is 4.81. The summed E-state index contributed by atoms with van der Waals surface area (Å²) in [5.41, 5.74) is 2.84. The van der Waals surface area contributed by atoms with Crippen LogP contribution in [0.2, 0.25) is 0 Å². The Morgan fingerprint density at radius 1 is 1.14 bits per heavy atom. The molecular weight excluding hydrogens is 371 g/mol. The molecule has 2 aliphatic carbocycles. The summed E-state index contributed by atoms with van der Waals surface area (Å²) in [7, 11) is 0. The van der Waals surface area contributed by atoms with Gasteiger partial charge in [-0.1, -0.05) is 49.8 Å². The van der Waals surface area contributed by atoms with E-state index >= 15 is 0 Å². The van der Waals surface area contributed by atoms with Crippen molar-refractivity contribution < 1.29 is 44.2 Å². The molecule has 1 spiro atoms. The van der Waals surface area contributed by atoms with Crippen LogP contribution in [0.15, 0.2) is 35.9 Å². The molecule has 0 unspecified atom stereocenters. The molecule has 150 valence electrons. The van der Waals surface area contributed by atoms with Gasteiger partial charge in [-0.3, -0.25) is 0 Å². The molecule has 1 aromatic rings. The van der Waals surface area contributed by atoms with Crippen LogP contribution in [0.5, 0.6) is 5.75 Å². The quantitative estimate of drug-likeness (QED) is 0.414. The van der Waals surface area contributed by atoms with Gasteiger partial charge in [0.05, 0.1) is 5.92 Å². The molecule has 3 nitrogen and oxygen atoms in total. The second-order valence-corrected chi connectivity index (χ2v) is 8.37. The Morgan fingerprint density at radius 2 is 1.83 bits per heavy atom. The summed E-state index contributed by atoms with van der Waals surface area (Å²) in [4.78, 5) is 10.9. The third kappa shape index (κ3) is 7.21. The Bertz CT molecular complexity index is 747. The molecule has 29 heavy (non-hydrogen) atoms. The maximum atomic E-state index is 10.9. The van der Waals surface area contributed by atoms with E-state index in [2.05, 4.69) is 17.9 Å². The van der Waals surface area contributed by atoms with Crippen molar-refractivity contribution in [2.75, 3.05) is 6.61 Å². The van der Waals surface area contributed by atoms with Gasteiger partial charge < -0.3 is 14.6 Å². The van der Waals surface area contributed by atoms with E-state index in [9.17, 15) is 9.90 Å². The molecule has 0 aliphatic heterocycles. The Labute approximate surface area is 197 Å². The van der Waals surface area contributed by atoms with Crippen LogP contribution in [-0.2, 0) is 4.79 Å². The van der Waals surface area contributed by atoms with Crippen LogP contribution < -0.4 is 39.4 Å². The van der Waals surface area contributed by atoms with E-state index in [1.54, 1.807) is 6.92 Å². The van der Waals surface area contributed by atoms with Crippen molar-refractivity contribution in [2.45, 2.75) is 77.0 Å². The smallest absolute Gasteiger partial charge is 0.550 e. The minimum atomic E-state index is -1.08. The zero-order chi connectivity index (χ0) is 19.8. The number of carboxylic acid groups (broad SMARTS) is 1. The molecule has 1 aromatic carbocycles. The van der Waals surface area contributed by atoms with E-state index in [-0.39, 0.29) is 41.9 Å². The topological polar surface area (TPSA) is 49.4 Å². The van der Waals surface area contributed by atoms with Crippen molar-refractivity contribution >= 4 is 5.97 Å². The number of ether oxygens (including phenoxy) is 1. The summed E-state index contributed by atoms with van der Waals surface area (Å²) in [5.74, 6) is 5.17. The van der Waals surface area contributed by atoms with Gasteiger partial charge in [0.15, 0.2) is 0 Å². The summed E-state index contributed by atoms with van der Waals surface area (Å²) >= 11 is 0. The first-order valence-corrected chi connectivity index (χ1v) is 10.6. The van der Waals surface area contributed by atoms with Gasteiger partial charge in [0, 0.05) is 12.4 Å². The molecule has 0 bridgehead atoms. The molecular formula is C25H31NaO3. The van der Waals surface area contributed by atoms with Crippen LogP contribution in [-0.4, -0.2) is 12.6 Å². The summed E-state index contributed by atoms with van der Waals surface area (Å²) in [6.45, 7) is 2.37. The maximum absolute atomic E-state index is 10.9. The number of aliphatic carboxylic acids is 1. The SMILES string of the molecule is CC#C[C@@H](CC(=O)[O-])c1ccc(OCC2=CCCC3(CCCCCC3)C2)cc1.[Na+]. The number of carboxylic acids is 1. The molecule has 0 N–H and O–H groups in total. The zero-order valence-corrected chi connectivity index (χ0v) is 20.0. The fraction of sp³-hybridized carbons (Fsp3) is 0.560. The number of carbonyl (C=O) groups is 1. The Kier molecular flexibility index (Phi) is 9.83. The van der Waals surface area contributed by atoms with Gasteiger partial charge in [-0.2, -0.15) is 0 Å². The van der Waals surface area contributed by atoms with Crippen LogP contribution >= 0.6 is 0 Å². The third-order valence-electron chi connectivity index (χ3n) is 6.27. The van der Waals surface area contributed by atoms with Gasteiger partial charge in [-0.25, -0.2) is 0 Å². The Hall–Kier alpha value is -1.21. The number of hydrogen-bond donors (Lipinski definition) is 0. The summed E-state index contributed by atoms with van der Waals surface area (Å²) in [5, 5.41) is 10.9. The van der Waals surface area contributed by atoms with Crippen LogP contribution in [0.1, 0.15) is 82.6 Å². The van der Waals surface area contributed by atoms with Crippen molar-refractivity contribution in [2.24, 2.45) is 5.41 Å². The second-order valence-electron chi connectivity index (χ2n) is 8.37. The molecule has 1 atom stereocenters. The number of rotatable bonds is 6. The molecule has 0 aromatic heterocycles. The van der Waals surface area contributed by atoms with Gasteiger partial charge in [-0.15, -0.1) is 5.92 Å². The van der Waals surface area contributed by atoms with Gasteiger partial charge in [-0.05, 0) is 67.7 Å². The molecule has 1 fully saturated rings. The van der Waals surface area contributed by atoms with Crippen molar-refractivity contribution in [1.82, 2.24) is 0 Å². The predicted molar refractivity (Wildman–Crippen MR) is 110 cm³/mol. The Morgan fingerprint density at radius 3 is 2.45 bits per heavy atom. The first kappa shape index (κ1) is 24.1. The number of benzene rings is 1. The van der Waals surface area contributed by atoms with Gasteiger partial charge >= 0.3 is 29.6 Å².